The summed E-state index contributed by atoms with van der Waals surface area (Å²) in [4.78, 5) is 0.638. The van der Waals surface area contributed by atoms with Gasteiger partial charge in [-0.3, -0.25) is 0 Å². The molecule has 0 fully saturated rings. The first-order chi connectivity index (χ1) is 7.48. The summed E-state index contributed by atoms with van der Waals surface area (Å²) in [5.74, 6) is 0. The summed E-state index contributed by atoms with van der Waals surface area (Å²) in [6, 6.07) is 8.34. The smallest absolute Gasteiger partial charge is 0.125 e. The Hall–Kier alpha value is -1.17. The molecule has 0 aliphatic heterocycles. The zero-order valence-electron chi connectivity index (χ0n) is 8.51. The lowest BCUT2D eigenvalue weighted by Gasteiger charge is -2.12. The Balaban J connectivity index is 2.73. The third-order valence-electron chi connectivity index (χ3n) is 2.19. The normalized spacial score (nSPS) is 11.6. The summed E-state index contributed by atoms with van der Waals surface area (Å²) in [7, 11) is -4.42. The third-order valence-corrected chi connectivity index (χ3v) is 3.99. The van der Waals surface area contributed by atoms with E-state index in [9.17, 15) is 13.0 Å². The molecule has 0 atom stereocenters. The highest BCUT2D eigenvalue weighted by atomic mass is 32.2. The molecule has 3 nitrogen and oxygen atoms in total. The first-order valence-corrected chi connectivity index (χ1v) is 6.88. The fraction of sp³-hybridized carbons (Fsp3) is 0.0909. The summed E-state index contributed by atoms with van der Waals surface area (Å²) >= 11 is 1.41. The molecule has 1 aromatic carbocycles. The van der Waals surface area contributed by atoms with Gasteiger partial charge in [0.15, 0.2) is 0 Å². The van der Waals surface area contributed by atoms with E-state index in [1.165, 1.54) is 17.4 Å². The lowest BCUT2D eigenvalue weighted by molar-refractivity contribution is 0.463. The number of aryl methyl sites for hydroxylation is 1. The van der Waals surface area contributed by atoms with Crippen LogP contribution in [0.1, 0.15) is 5.56 Å². The zero-order valence-corrected chi connectivity index (χ0v) is 10.1. The Morgan fingerprint density at radius 1 is 1.25 bits per heavy atom. The Kier molecular flexibility index (Phi) is 2.84. The maximum absolute atomic E-state index is 11.1. The average molecular weight is 253 g/mol. The quantitative estimate of drug-likeness (QED) is 0.773. The van der Waals surface area contributed by atoms with Crippen molar-refractivity contribution in [1.82, 2.24) is 0 Å². The second-order valence-corrected chi connectivity index (χ2v) is 5.73. The van der Waals surface area contributed by atoms with E-state index in [0.29, 0.717) is 5.56 Å². The van der Waals surface area contributed by atoms with Gasteiger partial charge in [0.2, 0.25) is 0 Å². The van der Waals surface area contributed by atoms with Crippen LogP contribution in [0.25, 0.3) is 10.4 Å². The molecule has 5 heteroatoms. The highest BCUT2D eigenvalue weighted by molar-refractivity contribution is 7.85. The van der Waals surface area contributed by atoms with Gasteiger partial charge in [0.05, 0.1) is 4.90 Å². The highest BCUT2D eigenvalue weighted by Gasteiger charge is 2.11. The molecule has 84 valence electrons. The van der Waals surface area contributed by atoms with Crippen molar-refractivity contribution in [3.8, 4) is 10.4 Å². The molecule has 1 heterocycles. The summed E-state index contributed by atoms with van der Waals surface area (Å²) in [6.07, 6.45) is 0. The number of benzene rings is 1. The van der Waals surface area contributed by atoms with Gasteiger partial charge in [-0.25, -0.2) is 8.42 Å². The largest absolute Gasteiger partial charge is 0.744 e. The van der Waals surface area contributed by atoms with Crippen LogP contribution >= 0.6 is 11.3 Å². The van der Waals surface area contributed by atoms with Gasteiger partial charge >= 0.3 is 0 Å². The molecule has 0 bridgehead atoms. The van der Waals surface area contributed by atoms with Gasteiger partial charge in [0.25, 0.3) is 0 Å². The van der Waals surface area contributed by atoms with E-state index in [1.54, 1.807) is 18.2 Å². The monoisotopic (exact) mass is 253 g/mol. The van der Waals surface area contributed by atoms with E-state index in [2.05, 4.69) is 0 Å². The molecule has 0 radical (unpaired) electrons. The van der Waals surface area contributed by atoms with Crippen LogP contribution in [-0.2, 0) is 10.1 Å². The van der Waals surface area contributed by atoms with Crippen molar-refractivity contribution >= 4 is 21.5 Å². The van der Waals surface area contributed by atoms with Gasteiger partial charge in [-0.15, -0.1) is 11.3 Å². The van der Waals surface area contributed by atoms with Gasteiger partial charge in [-0.1, -0.05) is 17.7 Å². The van der Waals surface area contributed by atoms with Crippen LogP contribution in [0.2, 0.25) is 0 Å². The molecule has 0 saturated heterocycles. The maximum Gasteiger partial charge on any atom is 0.125 e. The van der Waals surface area contributed by atoms with Crippen molar-refractivity contribution in [3.05, 3.63) is 41.3 Å². The molecule has 0 spiro atoms. The predicted octanol–water partition coefficient (Wildman–Crippen LogP) is 2.63. The number of hydrogen-bond donors (Lipinski definition) is 0. The van der Waals surface area contributed by atoms with E-state index in [1.807, 2.05) is 18.4 Å². The minimum atomic E-state index is -4.42. The predicted molar refractivity (Wildman–Crippen MR) is 62.5 cm³/mol. The third kappa shape index (κ3) is 2.16. The number of rotatable bonds is 2. The van der Waals surface area contributed by atoms with E-state index in [4.69, 9.17) is 0 Å². The van der Waals surface area contributed by atoms with Crippen LogP contribution in [0.4, 0.5) is 0 Å². The van der Waals surface area contributed by atoms with E-state index in [0.717, 1.165) is 10.4 Å². The molecule has 2 rings (SSSR count). The summed E-state index contributed by atoms with van der Waals surface area (Å²) in [5, 5.41) is 1.85. The summed E-state index contributed by atoms with van der Waals surface area (Å²) in [5.41, 5.74) is 1.42. The van der Waals surface area contributed by atoms with Crippen LogP contribution in [-0.4, -0.2) is 13.0 Å². The van der Waals surface area contributed by atoms with Gasteiger partial charge in [0.1, 0.15) is 10.1 Å². The van der Waals surface area contributed by atoms with Crippen molar-refractivity contribution in [1.29, 1.82) is 0 Å². The van der Waals surface area contributed by atoms with Crippen molar-refractivity contribution < 1.29 is 13.0 Å². The van der Waals surface area contributed by atoms with Gasteiger partial charge < -0.3 is 4.55 Å². The topological polar surface area (TPSA) is 57.2 Å². The Morgan fingerprint density at radius 2 is 2.00 bits per heavy atom. The number of thiophene rings is 1. The van der Waals surface area contributed by atoms with Crippen molar-refractivity contribution in [2.45, 2.75) is 11.8 Å². The molecule has 0 aliphatic carbocycles. The zero-order chi connectivity index (χ0) is 11.8. The molecular formula is C11H9O3S2-. The molecule has 0 N–H and O–H groups in total. The first-order valence-electron chi connectivity index (χ1n) is 4.59. The Labute approximate surface area is 98.1 Å². The fourth-order valence-corrected chi connectivity index (χ4v) is 2.98. The van der Waals surface area contributed by atoms with E-state index in [-0.39, 0.29) is 4.90 Å². The molecule has 0 aliphatic rings. The lowest BCUT2D eigenvalue weighted by atomic mass is 10.1. The van der Waals surface area contributed by atoms with Crippen molar-refractivity contribution in [3.63, 3.8) is 0 Å². The maximum atomic E-state index is 11.1. The Bertz CT molecular complexity index is 598. The minimum Gasteiger partial charge on any atom is -0.744 e. The van der Waals surface area contributed by atoms with E-state index < -0.39 is 10.1 Å². The minimum absolute atomic E-state index is 0.152. The molecule has 16 heavy (non-hydrogen) atoms. The Morgan fingerprint density at radius 3 is 2.56 bits per heavy atom. The average Bonchev–Trinajstić information content (AvgIpc) is 2.68. The van der Waals surface area contributed by atoms with Crippen molar-refractivity contribution in [2.24, 2.45) is 0 Å². The van der Waals surface area contributed by atoms with E-state index >= 15 is 0 Å². The SMILES string of the molecule is Cc1ccc(S(=O)(=O)[O-])c(-c2cccs2)c1. The van der Waals surface area contributed by atoms with Crippen LogP contribution < -0.4 is 0 Å². The highest BCUT2D eigenvalue weighted by Crippen LogP contribution is 2.31. The van der Waals surface area contributed by atoms with Crippen LogP contribution in [0.3, 0.4) is 0 Å². The molecule has 1 aromatic heterocycles. The molecule has 0 amide bonds. The van der Waals surface area contributed by atoms with Crippen LogP contribution in [0.15, 0.2) is 40.6 Å². The van der Waals surface area contributed by atoms with Gasteiger partial charge in [-0.05, 0) is 30.5 Å². The van der Waals surface area contributed by atoms with Crippen LogP contribution in [0.5, 0.6) is 0 Å². The lowest BCUT2D eigenvalue weighted by Crippen LogP contribution is -2.00. The standard InChI is InChI=1S/C11H10O3S2/c1-8-4-5-11(16(12,13)14)9(7-8)10-3-2-6-15-10/h2-7H,1H3,(H,12,13,14)/p-1. The van der Waals surface area contributed by atoms with Crippen LogP contribution in [0, 0.1) is 6.92 Å². The molecule has 0 unspecified atom stereocenters. The molecule has 0 saturated carbocycles. The first kappa shape index (κ1) is 11.3. The molecular weight excluding hydrogens is 244 g/mol. The van der Waals surface area contributed by atoms with Gasteiger partial charge in [0, 0.05) is 10.4 Å². The summed E-state index contributed by atoms with van der Waals surface area (Å²) in [6.45, 7) is 1.86. The summed E-state index contributed by atoms with van der Waals surface area (Å²) < 4.78 is 33.3. The fourth-order valence-electron chi connectivity index (χ4n) is 1.49. The second-order valence-electron chi connectivity index (χ2n) is 3.43. The second kappa shape index (κ2) is 4.01. The molecule has 2 aromatic rings. The van der Waals surface area contributed by atoms with Crippen molar-refractivity contribution in [2.75, 3.05) is 0 Å². The van der Waals surface area contributed by atoms with Gasteiger partial charge in [-0.2, -0.15) is 0 Å². The number of hydrogen-bond acceptors (Lipinski definition) is 4.